The number of carbonyl (C=O) groups excluding carboxylic acids is 1. The third-order valence-electron chi connectivity index (χ3n) is 5.95. The lowest BCUT2D eigenvalue weighted by molar-refractivity contribution is 0.0949. The van der Waals surface area contributed by atoms with Crippen molar-refractivity contribution in [2.24, 2.45) is 0 Å². The van der Waals surface area contributed by atoms with Crippen LogP contribution < -0.4 is 20.4 Å². The van der Waals surface area contributed by atoms with Gasteiger partial charge >= 0.3 is 6.03 Å². The average molecular weight is 527 g/mol. The van der Waals surface area contributed by atoms with E-state index in [1.165, 1.54) is 29.2 Å². The second-order valence-electron chi connectivity index (χ2n) is 8.49. The van der Waals surface area contributed by atoms with Crippen molar-refractivity contribution in [3.8, 4) is 17.2 Å². The van der Waals surface area contributed by atoms with E-state index in [2.05, 4.69) is 15.6 Å². The number of hydrogen-bond donors (Lipinski definition) is 4. The summed E-state index contributed by atoms with van der Waals surface area (Å²) in [5, 5.41) is 33.4. The predicted octanol–water partition coefficient (Wildman–Crippen LogP) is 3.49. The van der Waals surface area contributed by atoms with Gasteiger partial charge in [0.1, 0.15) is 17.3 Å². The molecule has 1 aliphatic heterocycles. The molecule has 0 aliphatic carbocycles. The van der Waals surface area contributed by atoms with Crippen LogP contribution in [0.3, 0.4) is 0 Å². The highest BCUT2D eigenvalue weighted by Crippen LogP contribution is 2.45. The molecule has 0 fully saturated rings. The minimum Gasteiger partial charge on any atom is -0.394 e. The van der Waals surface area contributed by atoms with Gasteiger partial charge in [0.15, 0.2) is 11.6 Å². The Morgan fingerprint density at radius 1 is 1.11 bits per heavy atom. The fraction of sp³-hybridized carbons (Fsp3) is 0.269. The van der Waals surface area contributed by atoms with E-state index in [-0.39, 0.29) is 53.5 Å². The molecule has 0 saturated carbocycles. The molecule has 12 heteroatoms. The second-order valence-corrected chi connectivity index (χ2v) is 8.49. The topological polar surface area (TPSA) is 125 Å². The van der Waals surface area contributed by atoms with Crippen molar-refractivity contribution in [3.05, 3.63) is 65.6 Å². The maximum Gasteiger partial charge on any atom is 0.334 e. The molecule has 9 nitrogen and oxygen atoms in total. The fourth-order valence-corrected chi connectivity index (χ4v) is 4.18. The normalized spacial score (nSPS) is 13.4. The van der Waals surface area contributed by atoms with Crippen LogP contribution in [0.4, 0.5) is 40.8 Å². The van der Waals surface area contributed by atoms with Gasteiger partial charge in [-0.25, -0.2) is 22.9 Å². The predicted molar refractivity (Wildman–Crippen MR) is 136 cm³/mol. The molecule has 198 valence electrons. The summed E-state index contributed by atoms with van der Waals surface area (Å²) in [6.45, 7) is 2.07. The van der Waals surface area contributed by atoms with Crippen molar-refractivity contribution in [2.45, 2.75) is 13.0 Å². The third kappa shape index (κ3) is 5.26. The van der Waals surface area contributed by atoms with Gasteiger partial charge in [-0.2, -0.15) is 5.26 Å². The highest BCUT2D eigenvalue weighted by Gasteiger charge is 2.36. The summed E-state index contributed by atoms with van der Waals surface area (Å²) in [4.78, 5) is 19.8. The maximum atomic E-state index is 15.5. The van der Waals surface area contributed by atoms with Crippen LogP contribution in [-0.4, -0.2) is 60.1 Å². The van der Waals surface area contributed by atoms with Crippen molar-refractivity contribution in [1.82, 2.24) is 10.3 Å². The standard InChI is InChI=1S/C26H25F3N6O3/c1-2-34-25-20(8-16(27)12-33-25)19-4-3-15(11-30)7-23(19)35(26(34)38)24-21(28)9-17(10-22(24)29)32-6-5-31-13-18(37)14-36/h3-4,7-10,12,18,31-32,36-37H,2,5-6,13-14H2,1H3/t18-/m1/s1. The summed E-state index contributed by atoms with van der Waals surface area (Å²) < 4.78 is 45.2. The molecule has 0 unspecified atom stereocenters. The Morgan fingerprint density at radius 2 is 1.84 bits per heavy atom. The molecule has 38 heavy (non-hydrogen) atoms. The summed E-state index contributed by atoms with van der Waals surface area (Å²) in [5.41, 5.74) is 0.0976. The van der Waals surface area contributed by atoms with Crippen LogP contribution >= 0.6 is 0 Å². The maximum absolute atomic E-state index is 15.5. The monoisotopic (exact) mass is 526 g/mol. The number of aliphatic hydroxyl groups is 2. The summed E-state index contributed by atoms with van der Waals surface area (Å²) in [6.07, 6.45) is 0.0367. The first-order valence-electron chi connectivity index (χ1n) is 11.8. The van der Waals surface area contributed by atoms with Gasteiger partial charge in [0.05, 0.1) is 36.2 Å². The largest absolute Gasteiger partial charge is 0.394 e. The van der Waals surface area contributed by atoms with Gasteiger partial charge in [0.2, 0.25) is 0 Å². The van der Waals surface area contributed by atoms with Crippen LogP contribution in [-0.2, 0) is 0 Å². The lowest BCUT2D eigenvalue weighted by atomic mass is 10.0. The molecule has 1 aliphatic rings. The zero-order chi connectivity index (χ0) is 27.4. The Hall–Kier alpha value is -4.18. The van der Waals surface area contributed by atoms with E-state index < -0.39 is 41.9 Å². The van der Waals surface area contributed by atoms with Gasteiger partial charge in [0.25, 0.3) is 0 Å². The number of amides is 2. The second kappa shape index (κ2) is 11.5. The Balaban J connectivity index is 1.75. The van der Waals surface area contributed by atoms with Gasteiger partial charge < -0.3 is 20.8 Å². The molecule has 4 rings (SSSR count). The van der Waals surface area contributed by atoms with Crippen molar-refractivity contribution in [3.63, 3.8) is 0 Å². The zero-order valence-electron chi connectivity index (χ0n) is 20.4. The third-order valence-corrected chi connectivity index (χ3v) is 5.95. The van der Waals surface area contributed by atoms with Gasteiger partial charge in [-0.1, -0.05) is 6.07 Å². The van der Waals surface area contributed by atoms with Crippen molar-refractivity contribution < 1.29 is 28.2 Å². The number of fused-ring (bicyclic) bond motifs is 3. The summed E-state index contributed by atoms with van der Waals surface area (Å²) in [7, 11) is 0. The van der Waals surface area contributed by atoms with Crippen LogP contribution in [0.5, 0.6) is 0 Å². The van der Waals surface area contributed by atoms with Crippen molar-refractivity contribution in [2.75, 3.05) is 47.9 Å². The van der Waals surface area contributed by atoms with Crippen LogP contribution in [0.1, 0.15) is 12.5 Å². The first-order chi connectivity index (χ1) is 18.3. The van der Waals surface area contributed by atoms with Crippen LogP contribution in [0.15, 0.2) is 42.6 Å². The SMILES string of the molecule is CCN1C(=O)N(c2c(F)cc(NCCNC[C@@H](O)CO)cc2F)c2cc(C#N)ccc2-c2cc(F)cnc21. The first-order valence-corrected chi connectivity index (χ1v) is 11.8. The number of pyridine rings is 1. The van der Waals surface area contributed by atoms with E-state index >= 15 is 8.78 Å². The van der Waals surface area contributed by atoms with Crippen LogP contribution in [0, 0.1) is 28.8 Å². The van der Waals surface area contributed by atoms with E-state index in [1.54, 1.807) is 6.92 Å². The first kappa shape index (κ1) is 26.9. The molecular formula is C26H25F3N6O3. The fourth-order valence-electron chi connectivity index (χ4n) is 4.18. The van der Waals surface area contributed by atoms with Gasteiger partial charge in [-0.15, -0.1) is 0 Å². The Morgan fingerprint density at radius 3 is 2.50 bits per heavy atom. The van der Waals surface area contributed by atoms with E-state index in [1.807, 2.05) is 6.07 Å². The number of rotatable bonds is 9. The zero-order valence-corrected chi connectivity index (χ0v) is 20.4. The highest BCUT2D eigenvalue weighted by atomic mass is 19.1. The molecule has 0 bridgehead atoms. The number of aromatic nitrogens is 1. The van der Waals surface area contributed by atoms with Crippen molar-refractivity contribution >= 4 is 28.9 Å². The molecule has 2 aromatic carbocycles. The quantitative estimate of drug-likeness (QED) is 0.315. The van der Waals surface area contributed by atoms with E-state index in [0.717, 1.165) is 23.2 Å². The molecule has 0 radical (unpaired) electrons. The number of halogens is 3. The van der Waals surface area contributed by atoms with E-state index in [9.17, 15) is 19.6 Å². The Kier molecular flexibility index (Phi) is 8.11. The van der Waals surface area contributed by atoms with E-state index in [4.69, 9.17) is 5.11 Å². The van der Waals surface area contributed by atoms with Gasteiger partial charge in [0, 0.05) is 43.0 Å². The molecule has 0 saturated heterocycles. The van der Waals surface area contributed by atoms with E-state index in [0.29, 0.717) is 6.54 Å². The van der Waals surface area contributed by atoms with Crippen LogP contribution in [0.2, 0.25) is 0 Å². The Labute approximate surface area is 216 Å². The summed E-state index contributed by atoms with van der Waals surface area (Å²) in [5.74, 6) is -2.63. The molecule has 1 aromatic heterocycles. The summed E-state index contributed by atoms with van der Waals surface area (Å²) >= 11 is 0. The number of nitrogens with one attached hydrogen (secondary N) is 2. The number of aliphatic hydroxyl groups excluding tert-OH is 2. The minimum atomic E-state index is -1.04. The van der Waals surface area contributed by atoms with Crippen LogP contribution in [0.25, 0.3) is 11.1 Å². The number of carbonyl (C=O) groups is 1. The van der Waals surface area contributed by atoms with Crippen molar-refractivity contribution in [1.29, 1.82) is 5.26 Å². The average Bonchev–Trinajstić information content (AvgIpc) is 2.99. The Bertz CT molecular complexity index is 1370. The molecule has 4 N–H and O–H groups in total. The molecular weight excluding hydrogens is 501 g/mol. The number of urea groups is 1. The number of benzene rings is 2. The number of anilines is 4. The highest BCUT2D eigenvalue weighted by molar-refractivity contribution is 6.14. The molecule has 0 spiro atoms. The lowest BCUT2D eigenvalue weighted by Gasteiger charge is -2.28. The number of nitriles is 1. The smallest absolute Gasteiger partial charge is 0.334 e. The molecule has 2 heterocycles. The minimum absolute atomic E-state index is 0.00352. The molecule has 3 aromatic rings. The van der Waals surface area contributed by atoms with Gasteiger partial charge in [-0.05, 0) is 37.3 Å². The lowest BCUT2D eigenvalue weighted by Crippen LogP contribution is -2.41. The summed E-state index contributed by atoms with van der Waals surface area (Å²) in [6, 6.07) is 8.65. The molecule has 2 amide bonds. The number of hydrogen-bond acceptors (Lipinski definition) is 7. The van der Waals surface area contributed by atoms with Gasteiger partial charge in [-0.3, -0.25) is 9.80 Å². The molecule has 1 atom stereocenters. The number of nitrogens with zero attached hydrogens (tertiary/aromatic N) is 4.